The van der Waals surface area contributed by atoms with Crippen LogP contribution in [0.15, 0.2) is 36.4 Å². The summed E-state index contributed by atoms with van der Waals surface area (Å²) >= 11 is 0. The zero-order valence-electron chi connectivity index (χ0n) is 10.3. The number of anilines is 1. The standard InChI is InChI=1S/C13H13FN4O/c1-8(9-3-2-4-10(14)7-9)16-12-6-5-11(13(15)19)17-18-12/h2-8H,1H3,(H2,15,19)(H,16,18). The van der Waals surface area contributed by atoms with Crippen LogP contribution < -0.4 is 11.1 Å². The fourth-order valence-electron chi connectivity index (χ4n) is 1.62. The minimum atomic E-state index is -0.628. The Hall–Kier alpha value is -2.50. The van der Waals surface area contributed by atoms with E-state index < -0.39 is 5.91 Å². The summed E-state index contributed by atoms with van der Waals surface area (Å²) in [6.45, 7) is 1.87. The molecule has 0 saturated carbocycles. The number of primary amides is 1. The van der Waals surface area contributed by atoms with Crippen molar-refractivity contribution in [1.29, 1.82) is 0 Å². The van der Waals surface area contributed by atoms with Crippen molar-refractivity contribution in [2.75, 3.05) is 5.32 Å². The molecule has 2 aromatic rings. The molecule has 0 aliphatic carbocycles. The Kier molecular flexibility index (Phi) is 3.70. The van der Waals surface area contributed by atoms with Crippen LogP contribution in [0, 0.1) is 5.82 Å². The van der Waals surface area contributed by atoms with Gasteiger partial charge in [-0.2, -0.15) is 0 Å². The van der Waals surface area contributed by atoms with E-state index in [1.54, 1.807) is 12.1 Å². The van der Waals surface area contributed by atoms with E-state index in [-0.39, 0.29) is 17.6 Å². The van der Waals surface area contributed by atoms with Gasteiger partial charge in [0.15, 0.2) is 5.69 Å². The molecular formula is C13H13FN4O. The number of aromatic nitrogens is 2. The second-order valence-electron chi connectivity index (χ2n) is 4.09. The van der Waals surface area contributed by atoms with Crippen LogP contribution in [0.4, 0.5) is 10.2 Å². The summed E-state index contributed by atoms with van der Waals surface area (Å²) < 4.78 is 13.1. The molecule has 0 radical (unpaired) electrons. The molecule has 0 aliphatic rings. The molecule has 0 aliphatic heterocycles. The van der Waals surface area contributed by atoms with Gasteiger partial charge in [0.25, 0.3) is 5.91 Å². The Bertz CT molecular complexity index is 585. The highest BCUT2D eigenvalue weighted by Gasteiger charge is 2.08. The predicted octanol–water partition coefficient (Wildman–Crippen LogP) is 1.89. The third kappa shape index (κ3) is 3.25. The molecule has 5 nitrogen and oxygen atoms in total. The summed E-state index contributed by atoms with van der Waals surface area (Å²) in [5.41, 5.74) is 5.96. The molecule has 19 heavy (non-hydrogen) atoms. The molecule has 0 spiro atoms. The van der Waals surface area contributed by atoms with Crippen LogP contribution in [0.3, 0.4) is 0 Å². The Labute approximate surface area is 109 Å². The topological polar surface area (TPSA) is 80.9 Å². The van der Waals surface area contributed by atoms with Gasteiger partial charge in [0, 0.05) is 0 Å². The molecule has 2 rings (SSSR count). The van der Waals surface area contributed by atoms with Crippen LogP contribution in [-0.4, -0.2) is 16.1 Å². The smallest absolute Gasteiger partial charge is 0.269 e. The zero-order chi connectivity index (χ0) is 13.8. The molecular weight excluding hydrogens is 247 g/mol. The van der Waals surface area contributed by atoms with E-state index in [2.05, 4.69) is 15.5 Å². The van der Waals surface area contributed by atoms with Crippen molar-refractivity contribution < 1.29 is 9.18 Å². The van der Waals surface area contributed by atoms with Crippen LogP contribution in [0.25, 0.3) is 0 Å². The number of nitrogens with one attached hydrogen (secondary N) is 1. The van der Waals surface area contributed by atoms with Gasteiger partial charge in [0.2, 0.25) is 0 Å². The average Bonchev–Trinajstić information content (AvgIpc) is 2.39. The molecule has 1 amide bonds. The fraction of sp³-hybridized carbons (Fsp3) is 0.154. The molecule has 1 atom stereocenters. The highest BCUT2D eigenvalue weighted by molar-refractivity contribution is 5.90. The number of hydrogen-bond acceptors (Lipinski definition) is 4. The lowest BCUT2D eigenvalue weighted by atomic mass is 10.1. The highest BCUT2D eigenvalue weighted by atomic mass is 19.1. The number of benzene rings is 1. The summed E-state index contributed by atoms with van der Waals surface area (Å²) in [5.74, 6) is -0.430. The number of amides is 1. The van der Waals surface area contributed by atoms with Gasteiger partial charge in [0.1, 0.15) is 11.6 Å². The SMILES string of the molecule is CC(Nc1ccc(C(N)=O)nn1)c1cccc(F)c1. The van der Waals surface area contributed by atoms with E-state index in [9.17, 15) is 9.18 Å². The Morgan fingerprint density at radius 2 is 2.11 bits per heavy atom. The van der Waals surface area contributed by atoms with Gasteiger partial charge < -0.3 is 11.1 Å². The van der Waals surface area contributed by atoms with E-state index in [4.69, 9.17) is 5.73 Å². The minimum absolute atomic E-state index is 0.101. The molecule has 1 aromatic heterocycles. The zero-order valence-corrected chi connectivity index (χ0v) is 10.3. The quantitative estimate of drug-likeness (QED) is 0.879. The largest absolute Gasteiger partial charge is 0.364 e. The summed E-state index contributed by atoms with van der Waals surface area (Å²) in [6.07, 6.45) is 0. The lowest BCUT2D eigenvalue weighted by Crippen LogP contribution is -2.15. The number of nitrogens with two attached hydrogens (primary N) is 1. The number of halogens is 1. The maximum absolute atomic E-state index is 13.1. The molecule has 98 valence electrons. The van der Waals surface area contributed by atoms with Gasteiger partial charge in [-0.25, -0.2) is 4.39 Å². The first-order chi connectivity index (χ1) is 9.06. The van der Waals surface area contributed by atoms with Gasteiger partial charge in [0.05, 0.1) is 6.04 Å². The van der Waals surface area contributed by atoms with Crippen molar-refractivity contribution >= 4 is 11.7 Å². The van der Waals surface area contributed by atoms with Gasteiger partial charge in [-0.15, -0.1) is 10.2 Å². The summed E-state index contributed by atoms with van der Waals surface area (Å²) in [5, 5.41) is 10.6. The van der Waals surface area contributed by atoms with E-state index in [1.807, 2.05) is 13.0 Å². The third-order valence-electron chi connectivity index (χ3n) is 2.63. The first-order valence-electron chi connectivity index (χ1n) is 5.72. The summed E-state index contributed by atoms with van der Waals surface area (Å²) in [6, 6.07) is 9.24. The van der Waals surface area contributed by atoms with Crippen molar-refractivity contribution in [2.45, 2.75) is 13.0 Å². The second kappa shape index (κ2) is 5.43. The summed E-state index contributed by atoms with van der Waals surface area (Å²) in [4.78, 5) is 10.9. The summed E-state index contributed by atoms with van der Waals surface area (Å²) in [7, 11) is 0. The number of rotatable bonds is 4. The monoisotopic (exact) mass is 260 g/mol. The fourth-order valence-corrected chi connectivity index (χ4v) is 1.62. The van der Waals surface area contributed by atoms with Crippen molar-refractivity contribution in [3.8, 4) is 0 Å². The van der Waals surface area contributed by atoms with E-state index in [0.29, 0.717) is 5.82 Å². The number of carbonyl (C=O) groups is 1. The maximum Gasteiger partial charge on any atom is 0.269 e. The molecule has 6 heteroatoms. The Balaban J connectivity index is 2.10. The van der Waals surface area contributed by atoms with Crippen LogP contribution >= 0.6 is 0 Å². The normalized spacial score (nSPS) is 11.9. The van der Waals surface area contributed by atoms with E-state index in [0.717, 1.165) is 5.56 Å². The molecule has 3 N–H and O–H groups in total. The molecule has 0 bridgehead atoms. The van der Waals surface area contributed by atoms with Gasteiger partial charge in [-0.05, 0) is 36.8 Å². The van der Waals surface area contributed by atoms with Crippen molar-refractivity contribution in [3.05, 3.63) is 53.5 Å². The molecule has 1 unspecified atom stereocenters. The highest BCUT2D eigenvalue weighted by Crippen LogP contribution is 2.18. The lowest BCUT2D eigenvalue weighted by molar-refractivity contribution is 0.0994. The Morgan fingerprint density at radius 1 is 1.32 bits per heavy atom. The van der Waals surface area contributed by atoms with Crippen molar-refractivity contribution in [1.82, 2.24) is 10.2 Å². The second-order valence-corrected chi connectivity index (χ2v) is 4.09. The molecule has 1 heterocycles. The van der Waals surface area contributed by atoms with Crippen LogP contribution in [-0.2, 0) is 0 Å². The van der Waals surface area contributed by atoms with E-state index in [1.165, 1.54) is 18.2 Å². The molecule has 1 aromatic carbocycles. The predicted molar refractivity (Wildman–Crippen MR) is 69.0 cm³/mol. The van der Waals surface area contributed by atoms with Gasteiger partial charge >= 0.3 is 0 Å². The van der Waals surface area contributed by atoms with E-state index >= 15 is 0 Å². The van der Waals surface area contributed by atoms with Gasteiger partial charge in [-0.3, -0.25) is 4.79 Å². The molecule has 0 fully saturated rings. The van der Waals surface area contributed by atoms with Crippen LogP contribution in [0.1, 0.15) is 29.0 Å². The van der Waals surface area contributed by atoms with Crippen LogP contribution in [0.2, 0.25) is 0 Å². The van der Waals surface area contributed by atoms with Crippen LogP contribution in [0.5, 0.6) is 0 Å². The Morgan fingerprint density at radius 3 is 2.68 bits per heavy atom. The first kappa shape index (κ1) is 12.9. The minimum Gasteiger partial charge on any atom is -0.364 e. The van der Waals surface area contributed by atoms with Crippen molar-refractivity contribution in [2.24, 2.45) is 5.73 Å². The number of carbonyl (C=O) groups excluding carboxylic acids is 1. The van der Waals surface area contributed by atoms with Crippen molar-refractivity contribution in [3.63, 3.8) is 0 Å². The lowest BCUT2D eigenvalue weighted by Gasteiger charge is -2.14. The first-order valence-corrected chi connectivity index (χ1v) is 5.72. The number of hydrogen-bond donors (Lipinski definition) is 2. The third-order valence-corrected chi connectivity index (χ3v) is 2.63. The average molecular weight is 260 g/mol. The maximum atomic E-state index is 13.1. The van der Waals surface area contributed by atoms with Gasteiger partial charge in [-0.1, -0.05) is 12.1 Å². The number of nitrogens with zero attached hydrogens (tertiary/aromatic N) is 2. The molecule has 0 saturated heterocycles.